The molecule has 1 atom stereocenters. The Balaban J connectivity index is 2.01. The number of carbonyl (C=O) groups is 1. The molecule has 2 fully saturated rings. The summed E-state index contributed by atoms with van der Waals surface area (Å²) in [5.74, 6) is 1.43. The largest absolute Gasteiger partial charge is 0.339 e. The van der Waals surface area contributed by atoms with E-state index in [0.29, 0.717) is 17.9 Å². The molecule has 0 aromatic carbocycles. The van der Waals surface area contributed by atoms with Crippen molar-refractivity contribution in [1.29, 1.82) is 0 Å². The van der Waals surface area contributed by atoms with Gasteiger partial charge >= 0.3 is 0 Å². The van der Waals surface area contributed by atoms with Gasteiger partial charge in [-0.05, 0) is 51.1 Å². The normalized spacial score (nSPS) is 26.5. The molecule has 1 amide bonds. The zero-order valence-corrected chi connectivity index (χ0v) is 12.7. The summed E-state index contributed by atoms with van der Waals surface area (Å²) in [4.78, 5) is 15.0. The third kappa shape index (κ3) is 4.20. The van der Waals surface area contributed by atoms with E-state index in [1.165, 1.54) is 32.1 Å². The molecule has 1 N–H and O–H groups in total. The minimum atomic E-state index is 0.286. The van der Waals surface area contributed by atoms with Crippen LogP contribution in [0.1, 0.15) is 58.8 Å². The van der Waals surface area contributed by atoms with Crippen molar-refractivity contribution in [2.75, 3.05) is 19.6 Å². The fourth-order valence-electron chi connectivity index (χ4n) is 3.56. The number of carbonyl (C=O) groups excluding carboxylic acids is 1. The number of rotatable bonds is 3. The first-order chi connectivity index (χ1) is 9.18. The van der Waals surface area contributed by atoms with Crippen LogP contribution in [0.2, 0.25) is 0 Å². The van der Waals surface area contributed by atoms with Crippen molar-refractivity contribution in [3.05, 3.63) is 0 Å². The molecule has 2 saturated heterocycles. The number of nitrogens with one attached hydrogen (secondary N) is 1. The molecule has 0 saturated carbocycles. The highest BCUT2D eigenvalue weighted by Crippen LogP contribution is 2.26. The lowest BCUT2D eigenvalue weighted by atomic mass is 9.93. The van der Waals surface area contributed by atoms with Crippen LogP contribution in [0.4, 0.5) is 0 Å². The Morgan fingerprint density at radius 1 is 1.16 bits per heavy atom. The fraction of sp³-hybridized carbons (Fsp3) is 0.938. The molecule has 0 radical (unpaired) electrons. The van der Waals surface area contributed by atoms with Gasteiger partial charge in [0.15, 0.2) is 0 Å². The first-order valence-corrected chi connectivity index (χ1v) is 8.19. The van der Waals surface area contributed by atoms with Crippen LogP contribution < -0.4 is 5.32 Å². The predicted molar refractivity (Wildman–Crippen MR) is 79.0 cm³/mol. The van der Waals surface area contributed by atoms with Gasteiger partial charge in [-0.1, -0.05) is 26.7 Å². The third-order valence-corrected chi connectivity index (χ3v) is 4.59. The summed E-state index contributed by atoms with van der Waals surface area (Å²) in [5.41, 5.74) is 0. The second-order valence-electron chi connectivity index (χ2n) is 6.69. The average Bonchev–Trinajstić information content (AvgIpc) is 2.64. The standard InChI is InChI=1S/C16H30N2O/c1-13(2)12-15-6-4-3-5-11-18(15)16(19)14-7-9-17-10-8-14/h13-15,17H,3-12H2,1-2H3. The van der Waals surface area contributed by atoms with Crippen molar-refractivity contribution in [3.8, 4) is 0 Å². The Labute approximate surface area is 118 Å². The van der Waals surface area contributed by atoms with Crippen LogP contribution in [0, 0.1) is 11.8 Å². The number of likely N-dealkylation sites (tertiary alicyclic amines) is 1. The molecule has 0 aromatic heterocycles. The maximum atomic E-state index is 12.8. The lowest BCUT2D eigenvalue weighted by Gasteiger charge is -2.35. The van der Waals surface area contributed by atoms with Crippen LogP contribution in [-0.2, 0) is 4.79 Å². The summed E-state index contributed by atoms with van der Waals surface area (Å²) >= 11 is 0. The van der Waals surface area contributed by atoms with Crippen molar-refractivity contribution < 1.29 is 4.79 Å². The number of hydrogen-bond donors (Lipinski definition) is 1. The Morgan fingerprint density at radius 3 is 2.58 bits per heavy atom. The van der Waals surface area contributed by atoms with E-state index >= 15 is 0 Å². The molecule has 2 heterocycles. The molecule has 0 aromatic rings. The van der Waals surface area contributed by atoms with Crippen LogP contribution >= 0.6 is 0 Å². The van der Waals surface area contributed by atoms with Gasteiger partial charge < -0.3 is 10.2 Å². The quantitative estimate of drug-likeness (QED) is 0.852. The highest BCUT2D eigenvalue weighted by atomic mass is 16.2. The van der Waals surface area contributed by atoms with Crippen LogP contribution in [0.3, 0.4) is 0 Å². The van der Waals surface area contributed by atoms with E-state index in [4.69, 9.17) is 0 Å². The molecule has 1 unspecified atom stereocenters. The smallest absolute Gasteiger partial charge is 0.226 e. The molecular weight excluding hydrogens is 236 g/mol. The fourth-order valence-corrected chi connectivity index (χ4v) is 3.56. The average molecular weight is 266 g/mol. The molecule has 0 spiro atoms. The molecule has 0 bridgehead atoms. The molecule has 0 aliphatic carbocycles. The zero-order valence-electron chi connectivity index (χ0n) is 12.7. The molecule has 3 nitrogen and oxygen atoms in total. The Morgan fingerprint density at radius 2 is 1.89 bits per heavy atom. The summed E-state index contributed by atoms with van der Waals surface area (Å²) < 4.78 is 0. The van der Waals surface area contributed by atoms with Crippen molar-refractivity contribution in [3.63, 3.8) is 0 Å². The summed E-state index contributed by atoms with van der Waals surface area (Å²) in [6.07, 6.45) is 8.25. The van der Waals surface area contributed by atoms with Gasteiger partial charge in [0.1, 0.15) is 0 Å². The first kappa shape index (κ1) is 14.8. The monoisotopic (exact) mass is 266 g/mol. The summed E-state index contributed by atoms with van der Waals surface area (Å²) in [6, 6.07) is 0.505. The molecule has 2 aliphatic heterocycles. The maximum Gasteiger partial charge on any atom is 0.226 e. The van der Waals surface area contributed by atoms with Crippen molar-refractivity contribution in [1.82, 2.24) is 10.2 Å². The van der Waals surface area contributed by atoms with Gasteiger partial charge in [-0.2, -0.15) is 0 Å². The van der Waals surface area contributed by atoms with Crippen LogP contribution in [0.15, 0.2) is 0 Å². The van der Waals surface area contributed by atoms with E-state index < -0.39 is 0 Å². The van der Waals surface area contributed by atoms with E-state index in [-0.39, 0.29) is 5.92 Å². The molecule has 19 heavy (non-hydrogen) atoms. The number of piperidine rings is 1. The SMILES string of the molecule is CC(C)CC1CCCCCN1C(=O)C1CCNCC1. The molecular formula is C16H30N2O. The molecule has 110 valence electrons. The summed E-state index contributed by atoms with van der Waals surface area (Å²) in [7, 11) is 0. The highest BCUT2D eigenvalue weighted by Gasteiger charge is 2.31. The van der Waals surface area contributed by atoms with Crippen LogP contribution in [-0.4, -0.2) is 36.5 Å². The molecule has 2 rings (SSSR count). The van der Waals surface area contributed by atoms with Gasteiger partial charge in [0, 0.05) is 18.5 Å². The topological polar surface area (TPSA) is 32.3 Å². The van der Waals surface area contributed by atoms with E-state index in [2.05, 4.69) is 24.1 Å². The van der Waals surface area contributed by atoms with E-state index in [0.717, 1.165) is 32.5 Å². The van der Waals surface area contributed by atoms with Crippen molar-refractivity contribution >= 4 is 5.91 Å². The number of amides is 1. The summed E-state index contributed by atoms with van der Waals surface area (Å²) in [5, 5.41) is 3.36. The minimum absolute atomic E-state index is 0.286. The zero-order chi connectivity index (χ0) is 13.7. The lowest BCUT2D eigenvalue weighted by molar-refractivity contribution is -0.139. The van der Waals surface area contributed by atoms with Gasteiger partial charge in [-0.25, -0.2) is 0 Å². The van der Waals surface area contributed by atoms with Gasteiger partial charge in [-0.3, -0.25) is 4.79 Å². The third-order valence-electron chi connectivity index (χ3n) is 4.59. The van der Waals surface area contributed by atoms with E-state index in [9.17, 15) is 4.79 Å². The first-order valence-electron chi connectivity index (χ1n) is 8.19. The second-order valence-corrected chi connectivity index (χ2v) is 6.69. The Kier molecular flexibility index (Phi) is 5.68. The van der Waals surface area contributed by atoms with Crippen molar-refractivity contribution in [2.45, 2.75) is 64.8 Å². The minimum Gasteiger partial charge on any atom is -0.339 e. The van der Waals surface area contributed by atoms with Gasteiger partial charge in [-0.15, -0.1) is 0 Å². The number of nitrogens with zero attached hydrogens (tertiary/aromatic N) is 1. The lowest BCUT2D eigenvalue weighted by Crippen LogP contribution is -2.46. The predicted octanol–water partition coefficient (Wildman–Crippen LogP) is 2.80. The Bertz CT molecular complexity index is 284. The summed E-state index contributed by atoms with van der Waals surface area (Å²) in [6.45, 7) is 7.58. The van der Waals surface area contributed by atoms with E-state index in [1.807, 2.05) is 0 Å². The second kappa shape index (κ2) is 7.28. The van der Waals surface area contributed by atoms with Crippen molar-refractivity contribution in [2.24, 2.45) is 11.8 Å². The van der Waals surface area contributed by atoms with E-state index in [1.54, 1.807) is 0 Å². The van der Waals surface area contributed by atoms with Gasteiger partial charge in [0.2, 0.25) is 5.91 Å². The van der Waals surface area contributed by atoms with Gasteiger partial charge in [0.25, 0.3) is 0 Å². The Hall–Kier alpha value is -0.570. The van der Waals surface area contributed by atoms with Crippen LogP contribution in [0.25, 0.3) is 0 Å². The number of hydrogen-bond acceptors (Lipinski definition) is 2. The van der Waals surface area contributed by atoms with Gasteiger partial charge in [0.05, 0.1) is 0 Å². The maximum absolute atomic E-state index is 12.8. The molecule has 3 heteroatoms. The molecule has 2 aliphatic rings. The van der Waals surface area contributed by atoms with Crippen LogP contribution in [0.5, 0.6) is 0 Å². The highest BCUT2D eigenvalue weighted by molar-refractivity contribution is 5.79.